The molecule has 2 aromatic carbocycles. The zero-order valence-corrected chi connectivity index (χ0v) is 16.9. The number of H-pyrrole nitrogens is 1. The van der Waals surface area contributed by atoms with Crippen molar-refractivity contribution in [2.45, 2.75) is 32.5 Å². The molecule has 5 nitrogen and oxygen atoms in total. The van der Waals surface area contributed by atoms with Gasteiger partial charge < -0.3 is 19.4 Å². The van der Waals surface area contributed by atoms with Gasteiger partial charge in [0.05, 0.1) is 25.9 Å². The Morgan fingerprint density at radius 1 is 1.24 bits per heavy atom. The number of nitrogens with zero attached hydrogens (tertiary/aromatic N) is 1. The van der Waals surface area contributed by atoms with Crippen LogP contribution in [0.3, 0.4) is 0 Å². The molecule has 29 heavy (non-hydrogen) atoms. The third-order valence-corrected chi connectivity index (χ3v) is 5.43. The summed E-state index contributed by atoms with van der Waals surface area (Å²) in [6, 6.07) is 16.5. The fraction of sp³-hybridized carbons (Fsp3) is 0.375. The van der Waals surface area contributed by atoms with Gasteiger partial charge in [0.25, 0.3) is 0 Å². The molecule has 0 spiro atoms. The molecular formula is C24H28N2O3. The number of fused-ring (bicyclic) bond motifs is 1. The Labute approximate surface area is 171 Å². The maximum atomic E-state index is 12.7. The summed E-state index contributed by atoms with van der Waals surface area (Å²) in [6.45, 7) is 4.96. The molecule has 1 fully saturated rings. The molecule has 1 N–H and O–H groups in total. The Hall–Kier alpha value is -2.63. The van der Waals surface area contributed by atoms with E-state index in [1.54, 1.807) is 0 Å². The van der Waals surface area contributed by atoms with Gasteiger partial charge in [-0.1, -0.05) is 48.0 Å². The minimum Gasteiger partial charge on any atom is -0.374 e. The molecule has 3 aromatic rings. The summed E-state index contributed by atoms with van der Waals surface area (Å²) < 4.78 is 11.6. The number of hydrogen-bond donors (Lipinski definition) is 1. The van der Waals surface area contributed by atoms with Crippen LogP contribution in [0, 0.1) is 6.92 Å². The fourth-order valence-corrected chi connectivity index (χ4v) is 3.90. The van der Waals surface area contributed by atoms with Crippen LogP contribution in [-0.4, -0.2) is 48.2 Å². The monoisotopic (exact) mass is 392 g/mol. The number of hydrogen-bond acceptors (Lipinski definition) is 3. The second-order valence-corrected chi connectivity index (χ2v) is 7.70. The number of aryl methyl sites for hydroxylation is 2. The maximum Gasteiger partial charge on any atom is 0.223 e. The normalized spacial score (nSPS) is 17.0. The molecule has 2 heterocycles. The minimum absolute atomic E-state index is 0.0643. The maximum absolute atomic E-state index is 12.7. The first kappa shape index (κ1) is 19.7. The van der Waals surface area contributed by atoms with Crippen LogP contribution in [-0.2, 0) is 27.3 Å². The Morgan fingerprint density at radius 3 is 3.03 bits per heavy atom. The van der Waals surface area contributed by atoms with E-state index in [0.29, 0.717) is 39.3 Å². The molecule has 1 unspecified atom stereocenters. The van der Waals surface area contributed by atoms with E-state index in [9.17, 15) is 4.79 Å². The molecule has 0 aliphatic carbocycles. The van der Waals surface area contributed by atoms with E-state index in [0.717, 1.165) is 17.5 Å². The predicted octanol–water partition coefficient (Wildman–Crippen LogP) is 3.85. The zero-order valence-electron chi connectivity index (χ0n) is 16.9. The molecular weight excluding hydrogens is 364 g/mol. The lowest BCUT2D eigenvalue weighted by atomic mass is 10.1. The minimum atomic E-state index is -0.0643. The van der Waals surface area contributed by atoms with Crippen LogP contribution >= 0.6 is 0 Å². The van der Waals surface area contributed by atoms with Gasteiger partial charge in [-0.3, -0.25) is 4.79 Å². The van der Waals surface area contributed by atoms with E-state index >= 15 is 0 Å². The van der Waals surface area contributed by atoms with Crippen LogP contribution in [0.15, 0.2) is 54.7 Å². The number of amides is 1. The SMILES string of the molecule is Cc1cccc(COCC2CN(C(=O)CCc3c[nH]c4ccccc34)CCO2)c1. The Morgan fingerprint density at radius 2 is 2.14 bits per heavy atom. The van der Waals surface area contributed by atoms with Gasteiger partial charge in [-0.05, 0) is 30.5 Å². The molecule has 4 rings (SSSR count). The third-order valence-electron chi connectivity index (χ3n) is 5.43. The summed E-state index contributed by atoms with van der Waals surface area (Å²) in [5.74, 6) is 0.183. The number of para-hydroxylation sites is 1. The average molecular weight is 392 g/mol. The number of rotatable bonds is 7. The molecule has 5 heteroatoms. The third kappa shape index (κ3) is 5.05. The van der Waals surface area contributed by atoms with Gasteiger partial charge in [0.15, 0.2) is 0 Å². The number of nitrogens with one attached hydrogen (secondary N) is 1. The summed E-state index contributed by atoms with van der Waals surface area (Å²) in [4.78, 5) is 17.9. The molecule has 1 saturated heterocycles. The smallest absolute Gasteiger partial charge is 0.223 e. The number of morpholine rings is 1. The molecule has 0 radical (unpaired) electrons. The summed E-state index contributed by atoms with van der Waals surface area (Å²) in [5, 5.41) is 1.20. The molecule has 152 valence electrons. The van der Waals surface area contributed by atoms with Crippen LogP contribution in [0.25, 0.3) is 10.9 Å². The van der Waals surface area contributed by atoms with Gasteiger partial charge in [0.2, 0.25) is 5.91 Å². The molecule has 0 bridgehead atoms. The molecule has 1 aliphatic rings. The van der Waals surface area contributed by atoms with Crippen molar-refractivity contribution in [3.63, 3.8) is 0 Å². The van der Waals surface area contributed by atoms with Crippen LogP contribution < -0.4 is 0 Å². The first-order valence-corrected chi connectivity index (χ1v) is 10.3. The van der Waals surface area contributed by atoms with Crippen molar-refractivity contribution < 1.29 is 14.3 Å². The van der Waals surface area contributed by atoms with E-state index in [2.05, 4.69) is 42.2 Å². The molecule has 1 amide bonds. The van der Waals surface area contributed by atoms with E-state index in [1.807, 2.05) is 29.3 Å². The fourth-order valence-electron chi connectivity index (χ4n) is 3.90. The highest BCUT2D eigenvalue weighted by molar-refractivity contribution is 5.84. The summed E-state index contributed by atoms with van der Waals surface area (Å²) in [6.07, 6.45) is 3.21. The van der Waals surface area contributed by atoms with Gasteiger partial charge >= 0.3 is 0 Å². The predicted molar refractivity (Wildman–Crippen MR) is 114 cm³/mol. The van der Waals surface area contributed by atoms with Crippen molar-refractivity contribution in [2.24, 2.45) is 0 Å². The van der Waals surface area contributed by atoms with Crippen LogP contribution in [0.2, 0.25) is 0 Å². The Balaban J connectivity index is 1.25. The number of carbonyl (C=O) groups is 1. The Kier molecular flexibility index (Phi) is 6.27. The highest BCUT2D eigenvalue weighted by Crippen LogP contribution is 2.19. The lowest BCUT2D eigenvalue weighted by Crippen LogP contribution is -2.47. The molecule has 0 saturated carbocycles. The summed E-state index contributed by atoms with van der Waals surface area (Å²) in [7, 11) is 0. The van der Waals surface area contributed by atoms with Crippen molar-refractivity contribution in [3.05, 3.63) is 71.4 Å². The zero-order chi connectivity index (χ0) is 20.1. The summed E-state index contributed by atoms with van der Waals surface area (Å²) >= 11 is 0. The number of carbonyl (C=O) groups excluding carboxylic acids is 1. The van der Waals surface area contributed by atoms with Crippen LogP contribution in [0.4, 0.5) is 0 Å². The van der Waals surface area contributed by atoms with Crippen LogP contribution in [0.5, 0.6) is 0 Å². The molecule has 1 aromatic heterocycles. The molecule has 1 atom stereocenters. The molecule has 1 aliphatic heterocycles. The lowest BCUT2D eigenvalue weighted by molar-refractivity contribution is -0.141. The first-order chi connectivity index (χ1) is 14.2. The number of aromatic amines is 1. The van der Waals surface area contributed by atoms with E-state index in [4.69, 9.17) is 9.47 Å². The van der Waals surface area contributed by atoms with Crippen molar-refractivity contribution in [2.75, 3.05) is 26.3 Å². The van der Waals surface area contributed by atoms with E-state index in [-0.39, 0.29) is 12.0 Å². The van der Waals surface area contributed by atoms with Crippen molar-refractivity contribution in [3.8, 4) is 0 Å². The second-order valence-electron chi connectivity index (χ2n) is 7.70. The van der Waals surface area contributed by atoms with Crippen molar-refractivity contribution >= 4 is 16.8 Å². The first-order valence-electron chi connectivity index (χ1n) is 10.3. The number of ether oxygens (including phenoxy) is 2. The van der Waals surface area contributed by atoms with Gasteiger partial charge in [0, 0.05) is 36.6 Å². The lowest BCUT2D eigenvalue weighted by Gasteiger charge is -2.33. The average Bonchev–Trinajstić information content (AvgIpc) is 3.15. The highest BCUT2D eigenvalue weighted by atomic mass is 16.5. The second kappa shape index (κ2) is 9.25. The quantitative estimate of drug-likeness (QED) is 0.664. The van der Waals surface area contributed by atoms with E-state index in [1.165, 1.54) is 16.5 Å². The van der Waals surface area contributed by atoms with Gasteiger partial charge in [-0.2, -0.15) is 0 Å². The highest BCUT2D eigenvalue weighted by Gasteiger charge is 2.24. The topological polar surface area (TPSA) is 54.6 Å². The standard InChI is InChI=1S/C24H28N2O3/c1-18-5-4-6-19(13-18)16-28-17-21-15-26(11-12-29-21)24(27)10-9-20-14-25-23-8-3-2-7-22(20)23/h2-8,13-14,21,25H,9-12,15-17H2,1H3. The Bertz CT molecular complexity index is 965. The van der Waals surface area contributed by atoms with Gasteiger partial charge in [-0.15, -0.1) is 0 Å². The number of benzene rings is 2. The van der Waals surface area contributed by atoms with Crippen molar-refractivity contribution in [1.82, 2.24) is 9.88 Å². The van der Waals surface area contributed by atoms with Crippen molar-refractivity contribution in [1.29, 1.82) is 0 Å². The van der Waals surface area contributed by atoms with Gasteiger partial charge in [-0.25, -0.2) is 0 Å². The van der Waals surface area contributed by atoms with Gasteiger partial charge in [0.1, 0.15) is 0 Å². The number of aromatic nitrogens is 1. The largest absolute Gasteiger partial charge is 0.374 e. The van der Waals surface area contributed by atoms with Crippen LogP contribution in [0.1, 0.15) is 23.1 Å². The summed E-state index contributed by atoms with van der Waals surface area (Å²) in [5.41, 5.74) is 4.70. The van der Waals surface area contributed by atoms with E-state index < -0.39 is 0 Å².